The molecule has 0 aliphatic carbocycles. The van der Waals surface area contributed by atoms with Gasteiger partial charge >= 0.3 is 0 Å². The SMILES string of the molecule is CCS(=O)(=O)C1CSCCN1c1nc(C)ccc1C(N)=S. The largest absolute Gasteiger partial charge is 0.389 e. The van der Waals surface area contributed by atoms with E-state index < -0.39 is 15.2 Å². The molecule has 8 heteroatoms. The van der Waals surface area contributed by atoms with Crippen molar-refractivity contribution in [1.82, 2.24) is 4.98 Å². The number of anilines is 1. The minimum Gasteiger partial charge on any atom is -0.389 e. The van der Waals surface area contributed by atoms with Crippen molar-refractivity contribution < 1.29 is 8.42 Å². The van der Waals surface area contributed by atoms with E-state index in [4.69, 9.17) is 18.0 Å². The number of sulfone groups is 1. The van der Waals surface area contributed by atoms with Crippen LogP contribution in [0.25, 0.3) is 0 Å². The van der Waals surface area contributed by atoms with Crippen LogP contribution in [-0.2, 0) is 9.84 Å². The molecular weight excluding hydrogens is 326 g/mol. The van der Waals surface area contributed by atoms with Crippen LogP contribution in [0, 0.1) is 6.92 Å². The zero-order valence-electron chi connectivity index (χ0n) is 12.1. The molecule has 1 aromatic heterocycles. The van der Waals surface area contributed by atoms with Crippen molar-refractivity contribution >= 4 is 44.6 Å². The maximum absolute atomic E-state index is 12.4. The van der Waals surface area contributed by atoms with Gasteiger partial charge in [0, 0.05) is 29.5 Å². The highest BCUT2D eigenvalue weighted by molar-refractivity contribution is 8.01. The monoisotopic (exact) mass is 345 g/mol. The van der Waals surface area contributed by atoms with Crippen LogP contribution >= 0.6 is 24.0 Å². The number of hydrogen-bond acceptors (Lipinski definition) is 6. The third-order valence-electron chi connectivity index (χ3n) is 3.45. The molecule has 116 valence electrons. The zero-order valence-corrected chi connectivity index (χ0v) is 14.5. The van der Waals surface area contributed by atoms with E-state index in [-0.39, 0.29) is 10.7 Å². The van der Waals surface area contributed by atoms with Crippen LogP contribution in [0.15, 0.2) is 12.1 Å². The Morgan fingerprint density at radius 2 is 2.29 bits per heavy atom. The van der Waals surface area contributed by atoms with E-state index in [0.29, 0.717) is 23.7 Å². The van der Waals surface area contributed by atoms with Crippen LogP contribution in [0.5, 0.6) is 0 Å². The highest BCUT2D eigenvalue weighted by Crippen LogP contribution is 2.29. The summed E-state index contributed by atoms with van der Waals surface area (Å²) in [4.78, 5) is 6.58. The predicted octanol–water partition coefficient (Wildman–Crippen LogP) is 1.34. The average molecular weight is 346 g/mol. The van der Waals surface area contributed by atoms with Crippen molar-refractivity contribution in [3.8, 4) is 0 Å². The van der Waals surface area contributed by atoms with Gasteiger partial charge in [0.25, 0.3) is 0 Å². The summed E-state index contributed by atoms with van der Waals surface area (Å²) in [6.45, 7) is 4.17. The second-order valence-corrected chi connectivity index (χ2v) is 8.90. The lowest BCUT2D eigenvalue weighted by Gasteiger charge is -2.36. The summed E-state index contributed by atoms with van der Waals surface area (Å²) in [6, 6.07) is 3.65. The molecule has 2 heterocycles. The summed E-state index contributed by atoms with van der Waals surface area (Å²) in [5.41, 5.74) is 7.22. The standard InChI is InChI=1S/C13H19N3O2S3/c1-3-21(17,18)11-8-20-7-6-16(11)13-10(12(14)19)5-4-9(2)15-13/h4-5,11H,3,6-8H2,1-2H3,(H2,14,19). The van der Waals surface area contributed by atoms with E-state index in [1.807, 2.05) is 24.0 Å². The number of aromatic nitrogens is 1. The van der Waals surface area contributed by atoms with E-state index in [2.05, 4.69) is 4.98 Å². The van der Waals surface area contributed by atoms with E-state index in [1.165, 1.54) is 0 Å². The van der Waals surface area contributed by atoms with Crippen molar-refractivity contribution in [2.45, 2.75) is 19.2 Å². The van der Waals surface area contributed by atoms with Crippen molar-refractivity contribution in [2.24, 2.45) is 5.73 Å². The number of nitrogens with two attached hydrogens (primary N) is 1. The predicted molar refractivity (Wildman–Crippen MR) is 92.8 cm³/mol. The number of hydrogen-bond donors (Lipinski definition) is 1. The van der Waals surface area contributed by atoms with Gasteiger partial charge in [-0.25, -0.2) is 13.4 Å². The number of aryl methyl sites for hydroxylation is 1. The first-order valence-electron chi connectivity index (χ1n) is 6.70. The van der Waals surface area contributed by atoms with Gasteiger partial charge in [-0.3, -0.25) is 0 Å². The average Bonchev–Trinajstić information content (AvgIpc) is 2.46. The van der Waals surface area contributed by atoms with E-state index in [0.717, 1.165) is 11.4 Å². The minimum absolute atomic E-state index is 0.114. The van der Waals surface area contributed by atoms with Gasteiger partial charge < -0.3 is 10.6 Å². The molecule has 0 aromatic carbocycles. The molecule has 0 spiro atoms. The first-order chi connectivity index (χ1) is 9.86. The van der Waals surface area contributed by atoms with Crippen molar-refractivity contribution in [1.29, 1.82) is 0 Å². The summed E-state index contributed by atoms with van der Waals surface area (Å²) in [5, 5.41) is -0.566. The summed E-state index contributed by atoms with van der Waals surface area (Å²) in [7, 11) is -3.19. The number of pyridine rings is 1. The highest BCUT2D eigenvalue weighted by Gasteiger charge is 2.34. The smallest absolute Gasteiger partial charge is 0.171 e. The van der Waals surface area contributed by atoms with Crippen LogP contribution in [0.2, 0.25) is 0 Å². The molecule has 5 nitrogen and oxygen atoms in total. The van der Waals surface area contributed by atoms with Crippen molar-refractivity contribution in [3.05, 3.63) is 23.4 Å². The summed E-state index contributed by atoms with van der Waals surface area (Å²) >= 11 is 6.73. The minimum atomic E-state index is -3.19. The molecule has 1 fully saturated rings. The fraction of sp³-hybridized carbons (Fsp3) is 0.538. The Labute approximate surface area is 135 Å². The van der Waals surface area contributed by atoms with Crippen LogP contribution in [0.4, 0.5) is 5.82 Å². The van der Waals surface area contributed by atoms with E-state index in [1.54, 1.807) is 18.7 Å². The number of thiocarbonyl (C=S) groups is 1. The zero-order chi connectivity index (χ0) is 15.6. The van der Waals surface area contributed by atoms with Gasteiger partial charge in [-0.1, -0.05) is 19.1 Å². The second-order valence-electron chi connectivity index (χ2n) is 4.86. The fourth-order valence-electron chi connectivity index (χ4n) is 2.27. The third kappa shape index (κ3) is 3.49. The molecule has 2 N–H and O–H groups in total. The Morgan fingerprint density at radius 3 is 2.90 bits per heavy atom. The lowest BCUT2D eigenvalue weighted by Crippen LogP contribution is -2.49. The first kappa shape index (κ1) is 16.5. The molecule has 0 saturated carbocycles. The maximum Gasteiger partial charge on any atom is 0.171 e. The lowest BCUT2D eigenvalue weighted by molar-refractivity contribution is 0.578. The molecule has 2 rings (SSSR count). The molecule has 0 bridgehead atoms. The summed E-state index contributed by atoms with van der Waals surface area (Å²) in [6.07, 6.45) is 0. The Bertz CT molecular complexity index is 646. The maximum atomic E-state index is 12.4. The van der Waals surface area contributed by atoms with Gasteiger partial charge in [0.05, 0.1) is 5.56 Å². The molecule has 0 radical (unpaired) electrons. The Balaban J connectivity index is 2.52. The molecule has 21 heavy (non-hydrogen) atoms. The fourth-order valence-corrected chi connectivity index (χ4v) is 5.40. The first-order valence-corrected chi connectivity index (χ1v) is 9.98. The summed E-state index contributed by atoms with van der Waals surface area (Å²) < 4.78 is 24.7. The Kier molecular flexibility index (Phi) is 5.11. The van der Waals surface area contributed by atoms with E-state index in [9.17, 15) is 8.42 Å². The normalized spacial score (nSPS) is 19.5. The van der Waals surface area contributed by atoms with Crippen molar-refractivity contribution in [2.75, 3.05) is 28.7 Å². The number of rotatable bonds is 4. The van der Waals surface area contributed by atoms with E-state index >= 15 is 0 Å². The molecular formula is C13H19N3O2S3. The molecule has 1 saturated heterocycles. The number of nitrogens with zero attached hydrogens (tertiary/aromatic N) is 2. The quantitative estimate of drug-likeness (QED) is 0.825. The molecule has 0 amide bonds. The number of thioether (sulfide) groups is 1. The van der Waals surface area contributed by atoms with Gasteiger partial charge in [-0.05, 0) is 19.1 Å². The molecule has 1 atom stereocenters. The molecule has 1 aliphatic heterocycles. The van der Waals surface area contributed by atoms with Crippen LogP contribution in [0.1, 0.15) is 18.2 Å². The molecule has 1 aliphatic rings. The Morgan fingerprint density at radius 1 is 1.57 bits per heavy atom. The van der Waals surface area contributed by atoms with Gasteiger partial charge in [-0.2, -0.15) is 11.8 Å². The van der Waals surface area contributed by atoms with Gasteiger partial charge in [-0.15, -0.1) is 0 Å². The van der Waals surface area contributed by atoms with Crippen LogP contribution < -0.4 is 10.6 Å². The second kappa shape index (κ2) is 6.50. The van der Waals surface area contributed by atoms with Crippen LogP contribution in [0.3, 0.4) is 0 Å². The summed E-state index contributed by atoms with van der Waals surface area (Å²) in [5.74, 6) is 2.11. The lowest BCUT2D eigenvalue weighted by atomic mass is 10.2. The molecule has 1 unspecified atom stereocenters. The highest BCUT2D eigenvalue weighted by atomic mass is 32.2. The van der Waals surface area contributed by atoms with Crippen molar-refractivity contribution in [3.63, 3.8) is 0 Å². The van der Waals surface area contributed by atoms with Gasteiger partial charge in [0.2, 0.25) is 0 Å². The molecule has 1 aromatic rings. The van der Waals surface area contributed by atoms with Gasteiger partial charge in [0.1, 0.15) is 16.2 Å². The topological polar surface area (TPSA) is 76.3 Å². The van der Waals surface area contributed by atoms with Gasteiger partial charge in [0.15, 0.2) is 9.84 Å². The Hall–Kier alpha value is -0.860. The van der Waals surface area contributed by atoms with Crippen LogP contribution in [-0.4, -0.2) is 47.6 Å². The third-order valence-corrected chi connectivity index (χ3v) is 6.96.